The lowest BCUT2D eigenvalue weighted by Crippen LogP contribution is -2.07. The first-order valence-corrected chi connectivity index (χ1v) is 5.00. The third kappa shape index (κ3) is 1.94. The van der Waals surface area contributed by atoms with Crippen LogP contribution in [-0.2, 0) is 13.6 Å². The van der Waals surface area contributed by atoms with Gasteiger partial charge < -0.3 is 5.32 Å². The second-order valence-corrected chi connectivity index (χ2v) is 3.58. The number of aryl methyl sites for hydroxylation is 1. The third-order valence-corrected chi connectivity index (χ3v) is 2.43. The lowest BCUT2D eigenvalue weighted by molar-refractivity contribution is 0.601. The molecule has 1 aromatic carbocycles. The van der Waals surface area contributed by atoms with E-state index in [0.29, 0.717) is 12.1 Å². The monoisotopic (exact) mass is 220 g/mol. The van der Waals surface area contributed by atoms with E-state index in [-0.39, 0.29) is 5.82 Å². The zero-order chi connectivity index (χ0) is 11.5. The maximum Gasteiger partial charge on any atom is 0.128 e. The topological polar surface area (TPSA) is 42.7 Å². The van der Waals surface area contributed by atoms with Gasteiger partial charge in [0.05, 0.1) is 11.9 Å². The third-order valence-electron chi connectivity index (χ3n) is 2.43. The molecule has 0 radical (unpaired) electrons. The molecular formula is C11H13FN4. The predicted octanol–water partition coefficient (Wildman–Crippen LogP) is 1.34. The maximum absolute atomic E-state index is 13.7. The maximum atomic E-state index is 13.7. The Morgan fingerprint density at radius 2 is 2.25 bits per heavy atom. The average molecular weight is 220 g/mol. The van der Waals surface area contributed by atoms with Gasteiger partial charge in [-0.25, -0.2) is 9.07 Å². The van der Waals surface area contributed by atoms with Crippen molar-refractivity contribution < 1.29 is 4.39 Å². The SMILES string of the molecule is CNCc1ccc(-c2cnnn2C)cc1F. The quantitative estimate of drug-likeness (QED) is 0.848. The minimum absolute atomic E-state index is 0.215. The van der Waals surface area contributed by atoms with Crippen molar-refractivity contribution in [3.8, 4) is 11.3 Å². The minimum Gasteiger partial charge on any atom is -0.316 e. The molecule has 0 spiro atoms. The molecule has 0 fully saturated rings. The molecule has 0 bridgehead atoms. The Morgan fingerprint density at radius 1 is 1.44 bits per heavy atom. The average Bonchev–Trinajstić information content (AvgIpc) is 2.68. The summed E-state index contributed by atoms with van der Waals surface area (Å²) in [6.07, 6.45) is 1.62. The van der Waals surface area contributed by atoms with Crippen LogP contribution in [-0.4, -0.2) is 22.0 Å². The van der Waals surface area contributed by atoms with Gasteiger partial charge >= 0.3 is 0 Å². The minimum atomic E-state index is -0.215. The van der Waals surface area contributed by atoms with Crippen LogP contribution in [0.1, 0.15) is 5.56 Å². The molecular weight excluding hydrogens is 207 g/mol. The zero-order valence-electron chi connectivity index (χ0n) is 9.24. The van der Waals surface area contributed by atoms with Gasteiger partial charge in [0.25, 0.3) is 0 Å². The molecule has 0 aliphatic carbocycles. The van der Waals surface area contributed by atoms with Gasteiger partial charge in [-0.1, -0.05) is 17.3 Å². The summed E-state index contributed by atoms with van der Waals surface area (Å²) < 4.78 is 15.3. The molecule has 1 aromatic heterocycles. The summed E-state index contributed by atoms with van der Waals surface area (Å²) in [6, 6.07) is 5.15. The number of aromatic nitrogens is 3. The molecule has 16 heavy (non-hydrogen) atoms. The summed E-state index contributed by atoms with van der Waals surface area (Å²) in [5, 5.41) is 10.5. The highest BCUT2D eigenvalue weighted by Gasteiger charge is 2.07. The molecule has 2 aromatic rings. The lowest BCUT2D eigenvalue weighted by Gasteiger charge is -2.05. The molecule has 1 N–H and O–H groups in total. The number of benzene rings is 1. The summed E-state index contributed by atoms with van der Waals surface area (Å²) in [5.41, 5.74) is 2.24. The lowest BCUT2D eigenvalue weighted by atomic mass is 10.1. The van der Waals surface area contributed by atoms with E-state index in [9.17, 15) is 4.39 Å². The van der Waals surface area contributed by atoms with Crippen molar-refractivity contribution in [1.82, 2.24) is 20.3 Å². The van der Waals surface area contributed by atoms with E-state index in [1.165, 1.54) is 6.07 Å². The van der Waals surface area contributed by atoms with Crippen LogP contribution in [0.25, 0.3) is 11.3 Å². The normalized spacial score (nSPS) is 10.7. The van der Waals surface area contributed by atoms with E-state index < -0.39 is 0 Å². The molecule has 4 nitrogen and oxygen atoms in total. The smallest absolute Gasteiger partial charge is 0.128 e. The van der Waals surface area contributed by atoms with Crippen molar-refractivity contribution in [2.75, 3.05) is 7.05 Å². The van der Waals surface area contributed by atoms with Crippen LogP contribution in [0.15, 0.2) is 24.4 Å². The standard InChI is InChI=1S/C11H13FN4/c1-13-6-9-4-3-8(5-10(9)12)11-7-14-15-16(11)2/h3-5,7,13H,6H2,1-2H3. The first kappa shape index (κ1) is 10.8. The molecule has 0 unspecified atom stereocenters. The van der Waals surface area contributed by atoms with Gasteiger partial charge in [-0.15, -0.1) is 5.10 Å². The van der Waals surface area contributed by atoms with Crippen molar-refractivity contribution in [1.29, 1.82) is 0 Å². The van der Waals surface area contributed by atoms with E-state index in [1.807, 2.05) is 6.07 Å². The van der Waals surface area contributed by atoms with Gasteiger partial charge in [0.15, 0.2) is 0 Å². The van der Waals surface area contributed by atoms with Crippen LogP contribution < -0.4 is 5.32 Å². The van der Waals surface area contributed by atoms with E-state index in [4.69, 9.17) is 0 Å². The highest BCUT2D eigenvalue weighted by Crippen LogP contribution is 2.20. The summed E-state index contributed by atoms with van der Waals surface area (Å²) in [4.78, 5) is 0. The van der Waals surface area contributed by atoms with Gasteiger partial charge in [0.1, 0.15) is 5.82 Å². The van der Waals surface area contributed by atoms with E-state index in [0.717, 1.165) is 11.3 Å². The van der Waals surface area contributed by atoms with Crippen molar-refractivity contribution in [3.05, 3.63) is 35.8 Å². The van der Waals surface area contributed by atoms with Crippen LogP contribution in [0, 0.1) is 5.82 Å². The summed E-state index contributed by atoms with van der Waals surface area (Å²) in [6.45, 7) is 0.524. The Hall–Kier alpha value is -1.75. The number of hydrogen-bond acceptors (Lipinski definition) is 3. The molecule has 0 amide bonds. The Kier molecular flexibility index (Phi) is 2.96. The number of halogens is 1. The first-order valence-electron chi connectivity index (χ1n) is 5.00. The van der Waals surface area contributed by atoms with Crippen molar-refractivity contribution in [3.63, 3.8) is 0 Å². The first-order chi connectivity index (χ1) is 7.72. The zero-order valence-corrected chi connectivity index (χ0v) is 9.24. The van der Waals surface area contributed by atoms with Gasteiger partial charge in [-0.3, -0.25) is 0 Å². The molecule has 1 heterocycles. The van der Waals surface area contributed by atoms with Gasteiger partial charge in [0, 0.05) is 24.7 Å². The molecule has 0 saturated carbocycles. The molecule has 5 heteroatoms. The van der Waals surface area contributed by atoms with Crippen molar-refractivity contribution in [2.45, 2.75) is 6.54 Å². The van der Waals surface area contributed by atoms with Gasteiger partial charge in [-0.2, -0.15) is 0 Å². The van der Waals surface area contributed by atoms with Crippen LogP contribution in [0.3, 0.4) is 0 Å². The van der Waals surface area contributed by atoms with E-state index in [2.05, 4.69) is 15.6 Å². The summed E-state index contributed by atoms with van der Waals surface area (Å²) in [5.74, 6) is -0.215. The highest BCUT2D eigenvalue weighted by atomic mass is 19.1. The second-order valence-electron chi connectivity index (χ2n) is 3.58. The van der Waals surface area contributed by atoms with Gasteiger partial charge in [-0.05, 0) is 13.1 Å². The number of rotatable bonds is 3. The summed E-state index contributed by atoms with van der Waals surface area (Å²) in [7, 11) is 3.57. The molecule has 0 aliphatic heterocycles. The van der Waals surface area contributed by atoms with Crippen molar-refractivity contribution in [2.24, 2.45) is 7.05 Å². The Morgan fingerprint density at radius 3 is 2.81 bits per heavy atom. The van der Waals surface area contributed by atoms with Gasteiger partial charge in [0.2, 0.25) is 0 Å². The molecule has 2 rings (SSSR count). The number of nitrogens with zero attached hydrogens (tertiary/aromatic N) is 3. The van der Waals surface area contributed by atoms with Crippen LogP contribution in [0.4, 0.5) is 4.39 Å². The molecule has 0 atom stereocenters. The van der Waals surface area contributed by atoms with Crippen molar-refractivity contribution >= 4 is 0 Å². The number of nitrogens with one attached hydrogen (secondary N) is 1. The number of hydrogen-bond donors (Lipinski definition) is 1. The van der Waals surface area contributed by atoms with Crippen LogP contribution in [0.5, 0.6) is 0 Å². The molecule has 0 saturated heterocycles. The predicted molar refractivity (Wildman–Crippen MR) is 59.2 cm³/mol. The largest absolute Gasteiger partial charge is 0.316 e. The summed E-state index contributed by atoms with van der Waals surface area (Å²) >= 11 is 0. The molecule has 84 valence electrons. The Balaban J connectivity index is 2.38. The Bertz CT molecular complexity index is 492. The fourth-order valence-corrected chi connectivity index (χ4v) is 1.59. The second kappa shape index (κ2) is 4.40. The van der Waals surface area contributed by atoms with Crippen LogP contribution >= 0.6 is 0 Å². The Labute approximate surface area is 93.1 Å². The van der Waals surface area contributed by atoms with E-state index >= 15 is 0 Å². The highest BCUT2D eigenvalue weighted by molar-refractivity contribution is 5.58. The van der Waals surface area contributed by atoms with E-state index in [1.54, 1.807) is 31.0 Å². The fourth-order valence-electron chi connectivity index (χ4n) is 1.59. The van der Waals surface area contributed by atoms with Crippen LogP contribution in [0.2, 0.25) is 0 Å². The molecule has 0 aliphatic rings. The fraction of sp³-hybridized carbons (Fsp3) is 0.273.